The molecular weight excluding hydrogens is 186 g/mol. The monoisotopic (exact) mass is 211 g/mol. The molecule has 0 aromatic heterocycles. The lowest BCUT2D eigenvalue weighted by atomic mass is 10.00. The third-order valence-electron chi connectivity index (χ3n) is 4.29. The molecule has 2 N–H and O–H groups in total. The highest BCUT2D eigenvalue weighted by Gasteiger charge is 2.37. The Balaban J connectivity index is 1.80. The molecule has 0 saturated heterocycles. The third kappa shape index (κ3) is 2.73. The summed E-state index contributed by atoms with van der Waals surface area (Å²) in [5, 5.41) is 0. The molecule has 0 aliphatic heterocycles. The maximum absolute atomic E-state index is 6.17. The van der Waals surface area contributed by atoms with E-state index in [1.54, 1.807) is 0 Å². The first-order chi connectivity index (χ1) is 7.24. The van der Waals surface area contributed by atoms with Crippen LogP contribution < -0.4 is 5.73 Å². The van der Waals surface area contributed by atoms with Crippen LogP contribution in [0.2, 0.25) is 0 Å². The number of hydrogen-bond donors (Lipinski definition) is 1. The fourth-order valence-corrected chi connectivity index (χ4v) is 3.20. The van der Waals surface area contributed by atoms with Crippen LogP contribution in [0.3, 0.4) is 0 Å². The van der Waals surface area contributed by atoms with Crippen molar-refractivity contribution in [3.8, 4) is 0 Å². The molecule has 0 bridgehead atoms. The Kier molecular flexibility index (Phi) is 3.68. The highest BCUT2D eigenvalue weighted by atomic mass is 16.5. The summed E-state index contributed by atoms with van der Waals surface area (Å²) in [6.07, 6.45) is 9.20. The second-order valence-corrected chi connectivity index (χ2v) is 5.70. The molecule has 0 amide bonds. The fourth-order valence-electron chi connectivity index (χ4n) is 3.20. The average Bonchev–Trinajstić information content (AvgIpc) is 2.85. The van der Waals surface area contributed by atoms with E-state index in [2.05, 4.69) is 6.92 Å². The molecule has 2 rings (SSSR count). The minimum absolute atomic E-state index is 0.0437. The summed E-state index contributed by atoms with van der Waals surface area (Å²) in [6.45, 7) is 3.99. The molecule has 2 nitrogen and oxygen atoms in total. The van der Waals surface area contributed by atoms with Gasteiger partial charge in [0.1, 0.15) is 0 Å². The first kappa shape index (κ1) is 11.4. The van der Waals surface area contributed by atoms with Crippen LogP contribution in [0, 0.1) is 11.8 Å². The van der Waals surface area contributed by atoms with Crippen molar-refractivity contribution in [3.05, 3.63) is 0 Å². The van der Waals surface area contributed by atoms with Crippen LogP contribution in [0.1, 0.15) is 51.9 Å². The van der Waals surface area contributed by atoms with E-state index in [0.29, 0.717) is 6.54 Å². The smallest absolute Gasteiger partial charge is 0.0806 e. The van der Waals surface area contributed by atoms with E-state index in [9.17, 15) is 0 Å². The lowest BCUT2D eigenvalue weighted by Crippen LogP contribution is -2.39. The zero-order valence-corrected chi connectivity index (χ0v) is 10.0. The van der Waals surface area contributed by atoms with E-state index in [0.717, 1.165) is 18.4 Å². The first-order valence-electron chi connectivity index (χ1n) is 6.58. The standard InChI is InChI=1S/C13H25NO/c1-11-6-7-13(8-11,10-14)15-9-12-4-2-3-5-12/h11-12H,2-10,14H2,1H3. The largest absolute Gasteiger partial charge is 0.373 e. The Labute approximate surface area is 93.6 Å². The van der Waals surface area contributed by atoms with Gasteiger partial charge in [0, 0.05) is 6.54 Å². The van der Waals surface area contributed by atoms with Gasteiger partial charge in [0.05, 0.1) is 12.2 Å². The number of ether oxygens (including phenoxy) is 1. The maximum Gasteiger partial charge on any atom is 0.0806 e. The summed E-state index contributed by atoms with van der Waals surface area (Å²) >= 11 is 0. The molecule has 2 aliphatic carbocycles. The Morgan fingerprint density at radius 1 is 1.27 bits per heavy atom. The zero-order valence-electron chi connectivity index (χ0n) is 10.0. The number of rotatable bonds is 4. The van der Waals surface area contributed by atoms with Crippen molar-refractivity contribution < 1.29 is 4.74 Å². The Bertz CT molecular complexity index is 201. The number of nitrogens with two attached hydrogens (primary N) is 1. The van der Waals surface area contributed by atoms with Crippen molar-refractivity contribution in [1.29, 1.82) is 0 Å². The van der Waals surface area contributed by atoms with Gasteiger partial charge >= 0.3 is 0 Å². The minimum Gasteiger partial charge on any atom is -0.373 e. The van der Waals surface area contributed by atoms with Gasteiger partial charge in [-0.25, -0.2) is 0 Å². The SMILES string of the molecule is CC1CCC(CN)(OCC2CCCC2)C1. The highest BCUT2D eigenvalue weighted by molar-refractivity contribution is 4.90. The molecule has 2 unspecified atom stereocenters. The maximum atomic E-state index is 6.17. The minimum atomic E-state index is 0.0437. The van der Waals surface area contributed by atoms with Crippen LogP contribution in [-0.4, -0.2) is 18.8 Å². The summed E-state index contributed by atoms with van der Waals surface area (Å²) < 4.78 is 6.17. The number of hydrogen-bond acceptors (Lipinski definition) is 2. The van der Waals surface area contributed by atoms with Gasteiger partial charge in [-0.1, -0.05) is 19.8 Å². The first-order valence-corrected chi connectivity index (χ1v) is 6.58. The van der Waals surface area contributed by atoms with Crippen LogP contribution in [0.5, 0.6) is 0 Å². The molecule has 15 heavy (non-hydrogen) atoms. The zero-order chi connectivity index (χ0) is 10.7. The van der Waals surface area contributed by atoms with Gasteiger partial charge in [0.25, 0.3) is 0 Å². The van der Waals surface area contributed by atoms with E-state index in [4.69, 9.17) is 10.5 Å². The van der Waals surface area contributed by atoms with Gasteiger partial charge in [-0.2, -0.15) is 0 Å². The van der Waals surface area contributed by atoms with Crippen molar-refractivity contribution in [2.24, 2.45) is 17.6 Å². The molecule has 2 heteroatoms. The molecule has 2 aliphatic rings. The molecule has 0 aromatic rings. The average molecular weight is 211 g/mol. The van der Waals surface area contributed by atoms with Gasteiger partial charge in [-0.3, -0.25) is 0 Å². The van der Waals surface area contributed by atoms with Crippen LogP contribution >= 0.6 is 0 Å². The molecule has 0 spiro atoms. The second kappa shape index (κ2) is 4.84. The lowest BCUT2D eigenvalue weighted by Gasteiger charge is -2.29. The topological polar surface area (TPSA) is 35.2 Å². The summed E-state index contributed by atoms with van der Waals surface area (Å²) in [5.41, 5.74) is 5.93. The van der Waals surface area contributed by atoms with E-state index >= 15 is 0 Å². The van der Waals surface area contributed by atoms with Crippen LogP contribution in [-0.2, 0) is 4.74 Å². The van der Waals surface area contributed by atoms with Gasteiger partial charge in [-0.05, 0) is 43.9 Å². The molecule has 0 heterocycles. The van der Waals surface area contributed by atoms with Gasteiger partial charge in [0.2, 0.25) is 0 Å². The molecule has 2 fully saturated rings. The molecule has 0 radical (unpaired) electrons. The van der Waals surface area contributed by atoms with Gasteiger partial charge < -0.3 is 10.5 Å². The molecule has 2 atom stereocenters. The van der Waals surface area contributed by atoms with Crippen LogP contribution in [0.15, 0.2) is 0 Å². The van der Waals surface area contributed by atoms with E-state index < -0.39 is 0 Å². The van der Waals surface area contributed by atoms with Crippen molar-refractivity contribution in [2.45, 2.75) is 57.5 Å². The predicted octanol–water partition coefficient (Wildman–Crippen LogP) is 2.71. The van der Waals surface area contributed by atoms with Crippen LogP contribution in [0.25, 0.3) is 0 Å². The summed E-state index contributed by atoms with van der Waals surface area (Å²) in [7, 11) is 0. The van der Waals surface area contributed by atoms with Crippen LogP contribution in [0.4, 0.5) is 0 Å². The highest BCUT2D eigenvalue weighted by Crippen LogP contribution is 2.37. The second-order valence-electron chi connectivity index (χ2n) is 5.70. The summed E-state index contributed by atoms with van der Waals surface area (Å²) in [6, 6.07) is 0. The van der Waals surface area contributed by atoms with Gasteiger partial charge in [0.15, 0.2) is 0 Å². The van der Waals surface area contributed by atoms with Gasteiger partial charge in [-0.15, -0.1) is 0 Å². The normalized spacial score (nSPS) is 37.6. The molecule has 0 aromatic carbocycles. The molecule has 88 valence electrons. The van der Waals surface area contributed by atoms with Crippen molar-refractivity contribution in [2.75, 3.05) is 13.2 Å². The summed E-state index contributed by atoms with van der Waals surface area (Å²) in [5.74, 6) is 1.63. The van der Waals surface area contributed by atoms with E-state index in [1.807, 2.05) is 0 Å². The predicted molar refractivity (Wildman–Crippen MR) is 62.7 cm³/mol. The Morgan fingerprint density at radius 3 is 2.53 bits per heavy atom. The molecule has 2 saturated carbocycles. The summed E-state index contributed by atoms with van der Waals surface area (Å²) in [4.78, 5) is 0. The fraction of sp³-hybridized carbons (Fsp3) is 1.00. The van der Waals surface area contributed by atoms with E-state index in [-0.39, 0.29) is 5.60 Å². The lowest BCUT2D eigenvalue weighted by molar-refractivity contribution is -0.0511. The third-order valence-corrected chi connectivity index (χ3v) is 4.29. The van der Waals surface area contributed by atoms with E-state index in [1.165, 1.54) is 44.9 Å². The Morgan fingerprint density at radius 2 is 2.00 bits per heavy atom. The quantitative estimate of drug-likeness (QED) is 0.776. The Hall–Kier alpha value is -0.0800. The van der Waals surface area contributed by atoms with Crippen molar-refractivity contribution in [3.63, 3.8) is 0 Å². The van der Waals surface area contributed by atoms with Crippen molar-refractivity contribution in [1.82, 2.24) is 0 Å². The van der Waals surface area contributed by atoms with Crippen molar-refractivity contribution >= 4 is 0 Å². The molecular formula is C13H25NO.